The fourth-order valence-electron chi connectivity index (χ4n) is 2.77. The summed E-state index contributed by atoms with van der Waals surface area (Å²) in [6, 6.07) is 3.67. The smallest absolute Gasteiger partial charge is 0.220 e. The molecule has 1 amide bonds. The number of nitrogens with two attached hydrogens (primary N) is 1. The van der Waals surface area contributed by atoms with Crippen LogP contribution in [0.25, 0.3) is 10.9 Å². The largest absolute Gasteiger partial charge is 0.493 e. The van der Waals surface area contributed by atoms with Gasteiger partial charge in [0.25, 0.3) is 0 Å². The van der Waals surface area contributed by atoms with Crippen molar-refractivity contribution in [2.24, 2.45) is 0 Å². The standard InChI is InChI=1S/C16H20N4O3/c1-10(21)20-5-3-12(4-6-20)23-15-7-11-9-18-16(17)19-13(11)8-14(15)22-2/h7-9,12H,3-6H2,1-2H3,(H2,17,18,19). The zero-order valence-electron chi connectivity index (χ0n) is 13.3. The summed E-state index contributed by atoms with van der Waals surface area (Å²) in [7, 11) is 1.59. The van der Waals surface area contributed by atoms with Crippen molar-refractivity contribution in [1.82, 2.24) is 14.9 Å². The topological polar surface area (TPSA) is 90.6 Å². The van der Waals surface area contributed by atoms with E-state index in [-0.39, 0.29) is 18.0 Å². The van der Waals surface area contributed by atoms with Crippen LogP contribution in [0.3, 0.4) is 0 Å². The molecule has 1 fully saturated rings. The molecule has 122 valence electrons. The molecule has 0 aliphatic carbocycles. The van der Waals surface area contributed by atoms with Crippen LogP contribution in [-0.4, -0.2) is 47.1 Å². The number of nitrogens with zero attached hydrogens (tertiary/aromatic N) is 3. The molecule has 0 bridgehead atoms. The number of amides is 1. The van der Waals surface area contributed by atoms with E-state index >= 15 is 0 Å². The molecule has 0 spiro atoms. The van der Waals surface area contributed by atoms with Crippen LogP contribution in [0.5, 0.6) is 11.5 Å². The Kier molecular flexibility index (Phi) is 4.18. The molecule has 7 heteroatoms. The second kappa shape index (κ2) is 6.28. The fraction of sp³-hybridized carbons (Fsp3) is 0.438. The summed E-state index contributed by atoms with van der Waals surface area (Å²) in [4.78, 5) is 21.4. The summed E-state index contributed by atoms with van der Waals surface area (Å²) in [6.45, 7) is 3.03. The number of hydrogen-bond donors (Lipinski definition) is 1. The van der Waals surface area contributed by atoms with Crippen molar-refractivity contribution in [3.8, 4) is 11.5 Å². The van der Waals surface area contributed by atoms with E-state index in [0.29, 0.717) is 17.0 Å². The number of likely N-dealkylation sites (tertiary alicyclic amines) is 1. The highest BCUT2D eigenvalue weighted by Crippen LogP contribution is 2.33. The van der Waals surface area contributed by atoms with Crippen molar-refractivity contribution in [1.29, 1.82) is 0 Å². The van der Waals surface area contributed by atoms with E-state index in [1.54, 1.807) is 26.3 Å². The number of methoxy groups -OCH3 is 1. The van der Waals surface area contributed by atoms with Gasteiger partial charge in [0.2, 0.25) is 11.9 Å². The molecule has 2 heterocycles. The Balaban J connectivity index is 1.79. The number of carbonyl (C=O) groups excluding carboxylic acids is 1. The van der Waals surface area contributed by atoms with Crippen LogP contribution in [0.1, 0.15) is 19.8 Å². The molecule has 1 aromatic carbocycles. The number of anilines is 1. The van der Waals surface area contributed by atoms with Crippen molar-refractivity contribution >= 4 is 22.8 Å². The average molecular weight is 316 g/mol. The van der Waals surface area contributed by atoms with Gasteiger partial charge in [0.15, 0.2) is 11.5 Å². The Labute approximate surface area is 134 Å². The molecule has 0 radical (unpaired) electrons. The number of benzene rings is 1. The summed E-state index contributed by atoms with van der Waals surface area (Å²) in [5, 5.41) is 0.844. The first-order valence-corrected chi connectivity index (χ1v) is 7.59. The molecule has 2 aromatic rings. The number of nitrogen functional groups attached to an aromatic ring is 1. The lowest BCUT2D eigenvalue weighted by atomic mass is 10.1. The van der Waals surface area contributed by atoms with E-state index in [1.807, 2.05) is 11.0 Å². The number of aromatic nitrogens is 2. The van der Waals surface area contributed by atoms with E-state index in [4.69, 9.17) is 15.2 Å². The van der Waals surface area contributed by atoms with Crippen molar-refractivity contribution in [3.05, 3.63) is 18.3 Å². The van der Waals surface area contributed by atoms with Crippen LogP contribution in [0.2, 0.25) is 0 Å². The maximum Gasteiger partial charge on any atom is 0.220 e. The normalized spacial score (nSPS) is 15.7. The average Bonchev–Trinajstić information content (AvgIpc) is 2.55. The van der Waals surface area contributed by atoms with Gasteiger partial charge in [-0.1, -0.05) is 0 Å². The molecule has 1 aromatic heterocycles. The van der Waals surface area contributed by atoms with Crippen LogP contribution in [-0.2, 0) is 4.79 Å². The molecule has 1 aliphatic rings. The molecule has 0 atom stereocenters. The van der Waals surface area contributed by atoms with Gasteiger partial charge in [-0.25, -0.2) is 9.97 Å². The molecule has 3 rings (SSSR count). The molecule has 0 saturated carbocycles. The summed E-state index contributed by atoms with van der Waals surface area (Å²) in [6.07, 6.45) is 3.34. The maximum atomic E-state index is 11.4. The summed E-state index contributed by atoms with van der Waals surface area (Å²) < 4.78 is 11.5. The van der Waals surface area contributed by atoms with Crippen molar-refractivity contribution in [2.45, 2.75) is 25.9 Å². The Hall–Kier alpha value is -2.57. The summed E-state index contributed by atoms with van der Waals surface area (Å²) in [5.41, 5.74) is 6.33. The second-order valence-corrected chi connectivity index (χ2v) is 5.61. The highest BCUT2D eigenvalue weighted by Gasteiger charge is 2.23. The highest BCUT2D eigenvalue weighted by atomic mass is 16.5. The first-order valence-electron chi connectivity index (χ1n) is 7.59. The van der Waals surface area contributed by atoms with E-state index in [1.165, 1.54) is 0 Å². The first kappa shape index (κ1) is 15.3. The number of hydrogen-bond acceptors (Lipinski definition) is 6. The van der Waals surface area contributed by atoms with Gasteiger partial charge in [-0.05, 0) is 6.07 Å². The van der Waals surface area contributed by atoms with Gasteiger partial charge >= 0.3 is 0 Å². The minimum Gasteiger partial charge on any atom is -0.493 e. The quantitative estimate of drug-likeness (QED) is 0.925. The molecule has 0 unspecified atom stereocenters. The molecule has 1 aliphatic heterocycles. The minimum absolute atomic E-state index is 0.0617. The van der Waals surface area contributed by atoms with Crippen molar-refractivity contribution in [3.63, 3.8) is 0 Å². The Morgan fingerprint density at radius 1 is 1.30 bits per heavy atom. The fourth-order valence-corrected chi connectivity index (χ4v) is 2.77. The number of ether oxygens (including phenoxy) is 2. The second-order valence-electron chi connectivity index (χ2n) is 5.61. The summed E-state index contributed by atoms with van der Waals surface area (Å²) in [5.74, 6) is 1.62. The highest BCUT2D eigenvalue weighted by molar-refractivity contribution is 5.82. The summed E-state index contributed by atoms with van der Waals surface area (Å²) >= 11 is 0. The lowest BCUT2D eigenvalue weighted by Gasteiger charge is -2.31. The van der Waals surface area contributed by atoms with Crippen LogP contribution in [0, 0.1) is 0 Å². The van der Waals surface area contributed by atoms with Gasteiger partial charge in [-0.2, -0.15) is 0 Å². The number of piperidine rings is 1. The molecule has 1 saturated heterocycles. The monoisotopic (exact) mass is 316 g/mol. The Bertz CT molecular complexity index is 727. The van der Waals surface area contributed by atoms with Gasteiger partial charge in [0.05, 0.1) is 12.6 Å². The van der Waals surface area contributed by atoms with Gasteiger partial charge in [-0.15, -0.1) is 0 Å². The molecular formula is C16H20N4O3. The van der Waals surface area contributed by atoms with Crippen LogP contribution < -0.4 is 15.2 Å². The van der Waals surface area contributed by atoms with Gasteiger partial charge in [0.1, 0.15) is 6.10 Å². The Morgan fingerprint density at radius 2 is 2.04 bits per heavy atom. The van der Waals surface area contributed by atoms with Crippen molar-refractivity contribution in [2.75, 3.05) is 25.9 Å². The third-order valence-corrected chi connectivity index (χ3v) is 4.06. The SMILES string of the molecule is COc1cc2nc(N)ncc2cc1OC1CCN(C(C)=O)CC1. The third-order valence-electron chi connectivity index (χ3n) is 4.06. The van der Waals surface area contributed by atoms with Gasteiger partial charge in [-0.3, -0.25) is 4.79 Å². The number of rotatable bonds is 3. The number of carbonyl (C=O) groups is 1. The molecule has 23 heavy (non-hydrogen) atoms. The number of fused-ring (bicyclic) bond motifs is 1. The van der Waals surface area contributed by atoms with Crippen LogP contribution in [0.4, 0.5) is 5.95 Å². The van der Waals surface area contributed by atoms with Crippen molar-refractivity contribution < 1.29 is 14.3 Å². The van der Waals surface area contributed by atoms with Gasteiger partial charge < -0.3 is 20.1 Å². The zero-order valence-corrected chi connectivity index (χ0v) is 13.3. The minimum atomic E-state index is 0.0617. The Morgan fingerprint density at radius 3 is 2.70 bits per heavy atom. The van der Waals surface area contributed by atoms with Gasteiger partial charge in [0, 0.05) is 50.5 Å². The van der Waals surface area contributed by atoms with Crippen LogP contribution >= 0.6 is 0 Å². The molecule has 2 N–H and O–H groups in total. The predicted octanol–water partition coefficient (Wildman–Crippen LogP) is 1.61. The third kappa shape index (κ3) is 3.28. The van der Waals surface area contributed by atoms with Crippen LogP contribution in [0.15, 0.2) is 18.3 Å². The predicted molar refractivity (Wildman–Crippen MR) is 86.4 cm³/mol. The molecule has 7 nitrogen and oxygen atoms in total. The lowest BCUT2D eigenvalue weighted by molar-refractivity contribution is -0.130. The van der Waals surface area contributed by atoms with E-state index in [2.05, 4.69) is 9.97 Å². The lowest BCUT2D eigenvalue weighted by Crippen LogP contribution is -2.40. The van der Waals surface area contributed by atoms with E-state index in [9.17, 15) is 4.79 Å². The van der Waals surface area contributed by atoms with E-state index < -0.39 is 0 Å². The molecular weight excluding hydrogens is 296 g/mol. The zero-order chi connectivity index (χ0) is 16.4. The van der Waals surface area contributed by atoms with E-state index in [0.717, 1.165) is 31.3 Å². The maximum absolute atomic E-state index is 11.4. The first-order chi connectivity index (χ1) is 11.1.